The van der Waals surface area contributed by atoms with E-state index in [4.69, 9.17) is 4.74 Å². The van der Waals surface area contributed by atoms with Crippen LogP contribution >= 0.6 is 0 Å². The van der Waals surface area contributed by atoms with E-state index in [2.05, 4.69) is 5.32 Å². The quantitative estimate of drug-likeness (QED) is 0.711. The summed E-state index contributed by atoms with van der Waals surface area (Å²) in [7, 11) is 1.52. The van der Waals surface area contributed by atoms with Gasteiger partial charge in [0, 0.05) is 6.54 Å². The Labute approximate surface area is 162 Å². The second-order valence-electron chi connectivity index (χ2n) is 6.94. The molecule has 0 spiro atoms. The maximum absolute atomic E-state index is 13.0. The number of fused-ring (bicyclic) bond motifs is 1. The molecule has 7 nitrogen and oxygen atoms in total. The second kappa shape index (κ2) is 8.12. The third-order valence-corrected chi connectivity index (χ3v) is 4.36. The van der Waals surface area contributed by atoms with Gasteiger partial charge in [0.25, 0.3) is 5.56 Å². The van der Waals surface area contributed by atoms with Crippen molar-refractivity contribution in [3.05, 3.63) is 69.4 Å². The van der Waals surface area contributed by atoms with Crippen LogP contribution < -0.4 is 21.3 Å². The van der Waals surface area contributed by atoms with Crippen molar-refractivity contribution in [2.24, 2.45) is 5.92 Å². The fourth-order valence-electron chi connectivity index (χ4n) is 3.13. The van der Waals surface area contributed by atoms with Crippen molar-refractivity contribution in [2.45, 2.75) is 26.9 Å². The second-order valence-corrected chi connectivity index (χ2v) is 6.94. The number of carbonyl (C=O) groups excluding carboxylic acids is 1. The van der Waals surface area contributed by atoms with Crippen LogP contribution in [0.15, 0.2) is 58.1 Å². The van der Waals surface area contributed by atoms with Gasteiger partial charge in [-0.2, -0.15) is 0 Å². The molecule has 1 N–H and O–H groups in total. The number of para-hydroxylation sites is 3. The highest BCUT2D eigenvalue weighted by Gasteiger charge is 2.16. The molecular weight excluding hydrogens is 358 g/mol. The van der Waals surface area contributed by atoms with Crippen molar-refractivity contribution in [3.63, 3.8) is 0 Å². The first-order chi connectivity index (χ1) is 13.4. The molecule has 146 valence electrons. The standard InChI is InChI=1S/C21H23N3O4/c1-14(2)12-24-20(26)15-8-4-6-10-17(15)23(21(24)27)13-19(25)22-16-9-5-7-11-18(16)28-3/h4-11,14H,12-13H2,1-3H3,(H,22,25). The van der Waals surface area contributed by atoms with Crippen molar-refractivity contribution in [1.29, 1.82) is 0 Å². The van der Waals surface area contributed by atoms with Crippen molar-refractivity contribution >= 4 is 22.5 Å². The van der Waals surface area contributed by atoms with Gasteiger partial charge in [0.2, 0.25) is 5.91 Å². The summed E-state index contributed by atoms with van der Waals surface area (Å²) >= 11 is 0. The summed E-state index contributed by atoms with van der Waals surface area (Å²) in [6, 6.07) is 13.9. The summed E-state index contributed by atoms with van der Waals surface area (Å²) in [5, 5.41) is 3.18. The Morgan fingerprint density at radius 1 is 1.04 bits per heavy atom. The minimum atomic E-state index is -0.493. The minimum absolute atomic E-state index is 0.113. The van der Waals surface area contributed by atoms with Crippen LogP contribution in [-0.4, -0.2) is 22.2 Å². The predicted octanol–water partition coefficient (Wildman–Crippen LogP) is 2.47. The van der Waals surface area contributed by atoms with Crippen LogP contribution in [0.5, 0.6) is 5.75 Å². The number of carbonyl (C=O) groups is 1. The molecule has 0 saturated heterocycles. The number of nitrogens with one attached hydrogen (secondary N) is 1. The summed E-state index contributed by atoms with van der Waals surface area (Å²) < 4.78 is 7.78. The highest BCUT2D eigenvalue weighted by molar-refractivity contribution is 5.93. The number of hydrogen-bond donors (Lipinski definition) is 1. The van der Waals surface area contributed by atoms with Gasteiger partial charge in [-0.15, -0.1) is 0 Å². The number of aromatic nitrogens is 2. The van der Waals surface area contributed by atoms with E-state index in [1.54, 1.807) is 48.5 Å². The SMILES string of the molecule is COc1ccccc1NC(=O)Cn1c(=O)n(CC(C)C)c(=O)c2ccccc21. The smallest absolute Gasteiger partial charge is 0.331 e. The van der Waals surface area contributed by atoms with Crippen molar-refractivity contribution in [2.75, 3.05) is 12.4 Å². The van der Waals surface area contributed by atoms with Gasteiger partial charge < -0.3 is 10.1 Å². The molecule has 0 aliphatic heterocycles. The normalized spacial score (nSPS) is 11.0. The lowest BCUT2D eigenvalue weighted by Crippen LogP contribution is -2.42. The van der Waals surface area contributed by atoms with Gasteiger partial charge in [-0.1, -0.05) is 38.1 Å². The molecule has 0 aliphatic carbocycles. The highest BCUT2D eigenvalue weighted by Crippen LogP contribution is 2.23. The van der Waals surface area contributed by atoms with Crippen LogP contribution in [-0.2, 0) is 17.9 Å². The van der Waals surface area contributed by atoms with Crippen LogP contribution in [0.1, 0.15) is 13.8 Å². The van der Waals surface area contributed by atoms with Crippen molar-refractivity contribution < 1.29 is 9.53 Å². The average molecular weight is 381 g/mol. The summed E-state index contributed by atoms with van der Waals surface area (Å²) in [5.74, 6) is 0.256. The number of amides is 1. The molecule has 3 rings (SSSR count). The predicted molar refractivity (Wildman–Crippen MR) is 109 cm³/mol. The lowest BCUT2D eigenvalue weighted by molar-refractivity contribution is -0.116. The largest absolute Gasteiger partial charge is 0.495 e. The molecule has 0 atom stereocenters. The Kier molecular flexibility index (Phi) is 5.63. The van der Waals surface area contributed by atoms with Crippen molar-refractivity contribution in [1.82, 2.24) is 9.13 Å². The number of nitrogens with zero attached hydrogens (tertiary/aromatic N) is 2. The number of rotatable bonds is 6. The Hall–Kier alpha value is -3.35. The number of methoxy groups -OCH3 is 1. The van der Waals surface area contributed by atoms with E-state index >= 15 is 0 Å². The van der Waals surface area contributed by atoms with E-state index < -0.39 is 5.69 Å². The molecule has 28 heavy (non-hydrogen) atoms. The van der Waals surface area contributed by atoms with E-state index in [0.29, 0.717) is 22.3 Å². The van der Waals surface area contributed by atoms with Gasteiger partial charge in [-0.3, -0.25) is 18.7 Å². The maximum atomic E-state index is 13.0. The summed E-state index contributed by atoms with van der Waals surface area (Å²) in [6.07, 6.45) is 0. The number of hydrogen-bond acceptors (Lipinski definition) is 4. The zero-order valence-electron chi connectivity index (χ0n) is 16.1. The molecule has 0 saturated carbocycles. The Morgan fingerprint density at radius 3 is 2.43 bits per heavy atom. The molecule has 1 aromatic heterocycles. The zero-order valence-corrected chi connectivity index (χ0v) is 16.1. The van der Waals surface area contributed by atoms with E-state index in [9.17, 15) is 14.4 Å². The lowest BCUT2D eigenvalue weighted by atomic mass is 10.2. The van der Waals surface area contributed by atoms with Gasteiger partial charge in [-0.25, -0.2) is 4.79 Å². The van der Waals surface area contributed by atoms with Crippen molar-refractivity contribution in [3.8, 4) is 5.75 Å². The number of benzene rings is 2. The average Bonchev–Trinajstić information content (AvgIpc) is 2.68. The molecule has 1 heterocycles. The summed E-state index contributed by atoms with van der Waals surface area (Å²) in [4.78, 5) is 38.4. The van der Waals surface area contributed by atoms with E-state index in [0.717, 1.165) is 0 Å². The summed E-state index contributed by atoms with van der Waals surface area (Å²) in [6.45, 7) is 3.94. The van der Waals surface area contributed by atoms with Gasteiger partial charge in [0.05, 0.1) is 23.7 Å². The van der Waals surface area contributed by atoms with Crippen LogP contribution in [0.2, 0.25) is 0 Å². The molecule has 0 aliphatic rings. The van der Waals surface area contributed by atoms with Crippen LogP contribution in [0.3, 0.4) is 0 Å². The molecule has 0 bridgehead atoms. The zero-order chi connectivity index (χ0) is 20.3. The molecule has 1 amide bonds. The molecular formula is C21H23N3O4. The first kappa shape index (κ1) is 19.4. The monoisotopic (exact) mass is 381 g/mol. The molecule has 7 heteroatoms. The molecule has 0 unspecified atom stereocenters. The van der Waals surface area contributed by atoms with Crippen LogP contribution in [0.25, 0.3) is 10.9 Å². The number of ether oxygens (including phenoxy) is 1. The van der Waals surface area contributed by atoms with Crippen LogP contribution in [0.4, 0.5) is 5.69 Å². The fourth-order valence-corrected chi connectivity index (χ4v) is 3.13. The molecule has 2 aromatic carbocycles. The maximum Gasteiger partial charge on any atom is 0.331 e. The van der Waals surface area contributed by atoms with E-state index in [1.165, 1.54) is 16.2 Å². The van der Waals surface area contributed by atoms with Gasteiger partial charge in [0.1, 0.15) is 12.3 Å². The number of anilines is 1. The van der Waals surface area contributed by atoms with E-state index in [1.807, 2.05) is 13.8 Å². The van der Waals surface area contributed by atoms with Gasteiger partial charge in [-0.05, 0) is 30.2 Å². The third-order valence-electron chi connectivity index (χ3n) is 4.36. The van der Waals surface area contributed by atoms with Crippen LogP contribution in [0, 0.1) is 5.92 Å². The Balaban J connectivity index is 2.03. The van der Waals surface area contributed by atoms with Gasteiger partial charge >= 0.3 is 5.69 Å². The highest BCUT2D eigenvalue weighted by atomic mass is 16.5. The first-order valence-corrected chi connectivity index (χ1v) is 9.07. The minimum Gasteiger partial charge on any atom is -0.495 e. The molecule has 0 radical (unpaired) electrons. The lowest BCUT2D eigenvalue weighted by Gasteiger charge is -2.15. The topological polar surface area (TPSA) is 82.3 Å². The van der Waals surface area contributed by atoms with E-state index in [-0.39, 0.29) is 30.5 Å². The molecule has 0 fully saturated rings. The Morgan fingerprint density at radius 2 is 1.71 bits per heavy atom. The summed E-state index contributed by atoms with van der Waals surface area (Å²) in [5.41, 5.74) is 0.124. The Bertz CT molecular complexity index is 1130. The third kappa shape index (κ3) is 3.83. The van der Waals surface area contributed by atoms with Gasteiger partial charge in [0.15, 0.2) is 0 Å². The molecule has 3 aromatic rings. The first-order valence-electron chi connectivity index (χ1n) is 9.07. The fraction of sp³-hybridized carbons (Fsp3) is 0.286.